The fourth-order valence-corrected chi connectivity index (χ4v) is 4.03. The van der Waals surface area contributed by atoms with Crippen molar-refractivity contribution in [1.82, 2.24) is 15.0 Å². The fourth-order valence-electron chi connectivity index (χ4n) is 3.23. The number of aromatic nitrogens is 3. The normalized spacial score (nSPS) is 14.8. The van der Waals surface area contributed by atoms with E-state index in [0.717, 1.165) is 45.8 Å². The van der Waals surface area contributed by atoms with Crippen molar-refractivity contribution in [1.29, 1.82) is 0 Å². The monoisotopic (exact) mass is 493 g/mol. The summed E-state index contributed by atoms with van der Waals surface area (Å²) in [6.07, 6.45) is 1.70. The molecule has 0 aromatic carbocycles. The van der Waals surface area contributed by atoms with Crippen molar-refractivity contribution in [2.75, 3.05) is 36.2 Å². The molecule has 0 spiro atoms. The summed E-state index contributed by atoms with van der Waals surface area (Å²) >= 11 is 1.78. The van der Waals surface area contributed by atoms with E-state index < -0.39 is 0 Å². The Bertz CT molecular complexity index is 1180. The van der Waals surface area contributed by atoms with Crippen LogP contribution in [0.4, 0.5) is 11.6 Å². The van der Waals surface area contributed by atoms with Gasteiger partial charge in [0.2, 0.25) is 0 Å². The summed E-state index contributed by atoms with van der Waals surface area (Å²) in [6.45, 7) is 11.0. The number of carbonyl (C=O) groups is 1. The van der Waals surface area contributed by atoms with Crippen LogP contribution in [0.5, 0.6) is 17.2 Å². The lowest BCUT2D eigenvalue weighted by atomic mass is 10.3. The van der Waals surface area contributed by atoms with Gasteiger partial charge in [-0.25, -0.2) is 9.97 Å². The number of aryl methyl sites for hydroxylation is 3. The van der Waals surface area contributed by atoms with E-state index >= 15 is 0 Å². The van der Waals surface area contributed by atoms with Gasteiger partial charge in [0, 0.05) is 34.6 Å². The van der Waals surface area contributed by atoms with E-state index in [9.17, 15) is 4.79 Å². The minimum absolute atomic E-state index is 0.0811. The number of nitrogens with one attached hydrogen (secondary N) is 2. The second-order valence-corrected chi connectivity index (χ2v) is 8.94. The lowest BCUT2D eigenvalue weighted by molar-refractivity contribution is -0.118. The van der Waals surface area contributed by atoms with Gasteiger partial charge < -0.3 is 24.8 Å². The highest BCUT2D eigenvalue weighted by Crippen LogP contribution is 2.32. The van der Waals surface area contributed by atoms with Crippen molar-refractivity contribution in [2.45, 2.75) is 25.7 Å². The molecule has 35 heavy (non-hydrogen) atoms. The van der Waals surface area contributed by atoms with Gasteiger partial charge in [0.05, 0.1) is 11.1 Å². The predicted octanol–water partition coefficient (Wildman–Crippen LogP) is 4.30. The molecule has 3 aliphatic heterocycles. The van der Waals surface area contributed by atoms with E-state index in [1.165, 1.54) is 4.90 Å². The average molecular weight is 494 g/mol. The van der Waals surface area contributed by atoms with Gasteiger partial charge in [-0.3, -0.25) is 9.78 Å². The number of hydrogen-bond acceptors (Lipinski definition) is 9. The molecule has 0 unspecified atom stereocenters. The van der Waals surface area contributed by atoms with E-state index in [2.05, 4.69) is 38.2 Å². The summed E-state index contributed by atoms with van der Waals surface area (Å²) in [5.74, 6) is 4.46. The summed E-state index contributed by atoms with van der Waals surface area (Å²) < 4.78 is 15.7. The first-order chi connectivity index (χ1) is 16.9. The molecule has 0 atom stereocenters. The molecule has 0 aliphatic carbocycles. The average Bonchev–Trinajstić information content (AvgIpc) is 2.84. The van der Waals surface area contributed by atoms with Crippen LogP contribution in [0.1, 0.15) is 17.1 Å². The molecule has 6 rings (SSSR count). The Kier molecular flexibility index (Phi) is 7.71. The maximum absolute atomic E-state index is 10.9. The molecule has 182 valence electrons. The van der Waals surface area contributed by atoms with Crippen LogP contribution in [0.2, 0.25) is 0 Å². The minimum atomic E-state index is -0.152. The first-order valence-corrected chi connectivity index (χ1v) is 12.0. The zero-order valence-corrected chi connectivity index (χ0v) is 20.7. The van der Waals surface area contributed by atoms with Crippen LogP contribution in [0.15, 0.2) is 53.7 Å². The SMILES string of the molecule is C=C1CSc2ccc(C)nc2N1.Cc1cc2c(cn1)OCCO2.Cc1ccc2c(n1)NC(=O)CO2. The number of fused-ring (bicyclic) bond motifs is 3. The van der Waals surface area contributed by atoms with Crippen LogP contribution in [0.25, 0.3) is 0 Å². The Morgan fingerprint density at radius 2 is 1.57 bits per heavy atom. The van der Waals surface area contributed by atoms with Gasteiger partial charge >= 0.3 is 0 Å². The zero-order chi connectivity index (χ0) is 24.8. The molecule has 2 N–H and O–H groups in total. The first kappa shape index (κ1) is 24.3. The first-order valence-electron chi connectivity index (χ1n) is 11.0. The third kappa shape index (κ3) is 6.63. The molecule has 0 saturated heterocycles. The highest BCUT2D eigenvalue weighted by Gasteiger charge is 2.16. The van der Waals surface area contributed by atoms with Gasteiger partial charge in [-0.2, -0.15) is 0 Å². The number of nitrogens with zero attached hydrogens (tertiary/aromatic N) is 3. The topological polar surface area (TPSA) is 107 Å². The predicted molar refractivity (Wildman–Crippen MR) is 136 cm³/mol. The number of ether oxygens (including phenoxy) is 3. The van der Waals surface area contributed by atoms with E-state index in [1.54, 1.807) is 24.0 Å². The molecule has 9 nitrogen and oxygen atoms in total. The summed E-state index contributed by atoms with van der Waals surface area (Å²) in [7, 11) is 0. The summed E-state index contributed by atoms with van der Waals surface area (Å²) in [4.78, 5) is 24.6. The standard InChI is InChI=1S/C9H10N2S.C8H8N2O2.C8H9NO2/c1-6-3-4-8-9(10-6)11-7(2)5-12-8;1-5-2-3-6-8(9-5)10-7(11)4-12-6;1-6-4-7-8(5-9-6)11-3-2-10-7/h3-4H,2,5H2,1H3,(H,10,11);2-3H,4H2,1H3,(H,9,10,11);4-5H,2-3H2,1H3. The Morgan fingerprint density at radius 1 is 0.857 bits per heavy atom. The molecule has 1 amide bonds. The van der Waals surface area contributed by atoms with Crippen LogP contribution < -0.4 is 24.8 Å². The number of pyridine rings is 3. The number of anilines is 2. The lowest BCUT2D eigenvalue weighted by Crippen LogP contribution is -2.26. The van der Waals surface area contributed by atoms with Gasteiger partial charge in [0.15, 0.2) is 29.7 Å². The Morgan fingerprint density at radius 3 is 2.37 bits per heavy atom. The van der Waals surface area contributed by atoms with Crippen molar-refractivity contribution in [2.24, 2.45) is 0 Å². The zero-order valence-electron chi connectivity index (χ0n) is 19.9. The van der Waals surface area contributed by atoms with Crippen molar-refractivity contribution >= 4 is 29.3 Å². The second kappa shape index (κ2) is 11.1. The largest absolute Gasteiger partial charge is 0.486 e. The van der Waals surface area contributed by atoms with Crippen LogP contribution in [0.3, 0.4) is 0 Å². The lowest BCUT2D eigenvalue weighted by Gasteiger charge is -2.18. The van der Waals surface area contributed by atoms with Crippen molar-refractivity contribution in [3.63, 3.8) is 0 Å². The summed E-state index contributed by atoms with van der Waals surface area (Å²) in [5.41, 5.74) is 3.89. The van der Waals surface area contributed by atoms with Crippen molar-refractivity contribution in [3.05, 3.63) is 65.9 Å². The second-order valence-electron chi connectivity index (χ2n) is 7.92. The Labute approximate surface area is 208 Å². The molecule has 6 heterocycles. The van der Waals surface area contributed by atoms with E-state index in [-0.39, 0.29) is 12.5 Å². The molecule has 0 fully saturated rings. The van der Waals surface area contributed by atoms with Crippen molar-refractivity contribution in [3.8, 4) is 17.2 Å². The maximum atomic E-state index is 10.9. The van der Waals surface area contributed by atoms with Crippen molar-refractivity contribution < 1.29 is 19.0 Å². The van der Waals surface area contributed by atoms with Gasteiger partial charge in [0.1, 0.15) is 19.0 Å². The van der Waals surface area contributed by atoms with Gasteiger partial charge in [-0.15, -0.1) is 11.8 Å². The number of thioether (sulfide) groups is 1. The molecular weight excluding hydrogens is 466 g/mol. The molecule has 10 heteroatoms. The van der Waals surface area contributed by atoms with E-state index in [4.69, 9.17) is 14.2 Å². The summed E-state index contributed by atoms with van der Waals surface area (Å²) in [5, 5.41) is 5.80. The third-order valence-electron chi connectivity index (χ3n) is 4.88. The number of amides is 1. The summed E-state index contributed by atoms with van der Waals surface area (Å²) in [6, 6.07) is 9.66. The molecular formula is C25H27N5O4S. The van der Waals surface area contributed by atoms with Gasteiger partial charge in [0.25, 0.3) is 5.91 Å². The quantitative estimate of drug-likeness (QED) is 0.474. The van der Waals surface area contributed by atoms with Gasteiger partial charge in [-0.1, -0.05) is 6.58 Å². The molecule has 3 aromatic rings. The molecule has 0 saturated carbocycles. The smallest absolute Gasteiger partial charge is 0.263 e. The van der Waals surface area contributed by atoms with Crippen LogP contribution in [-0.2, 0) is 4.79 Å². The Balaban J connectivity index is 0.000000124. The number of rotatable bonds is 0. The molecule has 0 bridgehead atoms. The van der Waals surface area contributed by atoms with Crippen LogP contribution in [-0.4, -0.2) is 46.4 Å². The van der Waals surface area contributed by atoms with Crippen LogP contribution in [0, 0.1) is 20.8 Å². The van der Waals surface area contributed by atoms with Gasteiger partial charge in [-0.05, 0) is 45.0 Å². The third-order valence-corrected chi connectivity index (χ3v) is 6.01. The number of carbonyl (C=O) groups excluding carboxylic acids is 1. The van der Waals surface area contributed by atoms with E-state index in [0.29, 0.717) is 24.8 Å². The van der Waals surface area contributed by atoms with Crippen LogP contribution >= 0.6 is 11.8 Å². The molecule has 3 aliphatic rings. The highest BCUT2D eigenvalue weighted by atomic mass is 32.2. The highest BCUT2D eigenvalue weighted by molar-refractivity contribution is 7.99. The Hall–Kier alpha value is -3.79. The molecule has 0 radical (unpaired) electrons. The maximum Gasteiger partial charge on any atom is 0.263 e. The fraction of sp³-hybridized carbons (Fsp3) is 0.280. The molecule has 3 aromatic heterocycles. The minimum Gasteiger partial charge on any atom is -0.486 e. The van der Waals surface area contributed by atoms with E-state index in [1.807, 2.05) is 39.0 Å². The number of hydrogen-bond donors (Lipinski definition) is 2.